The Kier molecular flexibility index (Phi) is 6.02. The molecule has 1 aromatic heterocycles. The second kappa shape index (κ2) is 10.9. The van der Waals surface area contributed by atoms with Crippen LogP contribution in [0.4, 0.5) is 0 Å². The molecule has 236 valence electrons. The second-order valence-corrected chi connectivity index (χ2v) is 13.7. The van der Waals surface area contributed by atoms with Gasteiger partial charge in [0.05, 0.1) is 0 Å². The molecule has 0 amide bonds. The van der Waals surface area contributed by atoms with Gasteiger partial charge in [0, 0.05) is 10.8 Å². The smallest absolute Gasteiger partial charge is 0.136 e. The highest BCUT2D eigenvalue weighted by Crippen LogP contribution is 2.40. The van der Waals surface area contributed by atoms with Gasteiger partial charge in [-0.25, -0.2) is 0 Å². The first-order valence-electron chi connectivity index (χ1n) is 17.6. The molecule has 0 N–H and O–H groups in total. The number of furan rings is 1. The van der Waals surface area contributed by atoms with E-state index < -0.39 is 0 Å². The zero-order valence-electron chi connectivity index (χ0n) is 27.7. The molecular formula is C50H30O. The van der Waals surface area contributed by atoms with Gasteiger partial charge in [-0.3, -0.25) is 0 Å². The van der Waals surface area contributed by atoms with Crippen molar-refractivity contribution in [2.45, 2.75) is 0 Å². The fourth-order valence-corrected chi connectivity index (χ4v) is 8.31. The van der Waals surface area contributed by atoms with Gasteiger partial charge >= 0.3 is 0 Å². The second-order valence-electron chi connectivity index (χ2n) is 13.7. The van der Waals surface area contributed by atoms with Crippen LogP contribution in [0, 0.1) is 0 Å². The molecule has 51 heavy (non-hydrogen) atoms. The first-order chi connectivity index (χ1) is 25.2. The van der Waals surface area contributed by atoms with E-state index in [4.69, 9.17) is 4.42 Å². The van der Waals surface area contributed by atoms with Crippen LogP contribution >= 0.6 is 0 Å². The van der Waals surface area contributed by atoms with Crippen molar-refractivity contribution in [1.29, 1.82) is 0 Å². The lowest BCUT2D eigenvalue weighted by molar-refractivity contribution is 0.669. The van der Waals surface area contributed by atoms with E-state index in [1.54, 1.807) is 0 Å². The molecule has 0 bridgehead atoms. The van der Waals surface area contributed by atoms with Gasteiger partial charge in [-0.05, 0) is 130 Å². The van der Waals surface area contributed by atoms with Crippen LogP contribution in [0.1, 0.15) is 0 Å². The predicted octanol–water partition coefficient (Wildman–Crippen LogP) is 14.4. The van der Waals surface area contributed by atoms with Crippen LogP contribution in [0.25, 0.3) is 109 Å². The molecule has 1 nitrogen and oxygen atoms in total. The van der Waals surface area contributed by atoms with Crippen LogP contribution in [0.3, 0.4) is 0 Å². The lowest BCUT2D eigenvalue weighted by atomic mass is 9.90. The Bertz CT molecular complexity index is 3190. The number of hydrogen-bond acceptors (Lipinski definition) is 1. The van der Waals surface area contributed by atoms with Crippen molar-refractivity contribution in [2.75, 3.05) is 0 Å². The van der Waals surface area contributed by atoms with E-state index in [2.05, 4.69) is 182 Å². The Morgan fingerprint density at radius 2 is 0.765 bits per heavy atom. The minimum absolute atomic E-state index is 0.906. The molecule has 0 saturated carbocycles. The maximum atomic E-state index is 6.53. The summed E-state index contributed by atoms with van der Waals surface area (Å²) in [6, 6.07) is 66.3. The van der Waals surface area contributed by atoms with E-state index in [1.165, 1.54) is 76.1 Å². The SMILES string of the molecule is c1ccc2c(-c3ccc4c(c3)oc3cc(-c5ccc6cc(-c7cc8ccc9ccccc9c8c8ccccc78)ccc6c5)ccc34)cccc2c1. The Labute approximate surface area is 294 Å². The van der Waals surface area contributed by atoms with Gasteiger partial charge in [-0.1, -0.05) is 140 Å². The summed E-state index contributed by atoms with van der Waals surface area (Å²) in [4.78, 5) is 0. The fraction of sp³-hybridized carbons (Fsp3) is 0. The van der Waals surface area contributed by atoms with Crippen LogP contribution in [0.5, 0.6) is 0 Å². The van der Waals surface area contributed by atoms with Crippen molar-refractivity contribution in [1.82, 2.24) is 0 Å². The Morgan fingerprint density at radius 3 is 1.57 bits per heavy atom. The van der Waals surface area contributed by atoms with Crippen LogP contribution in [0.15, 0.2) is 186 Å². The molecule has 1 heteroatoms. The molecule has 0 radical (unpaired) electrons. The van der Waals surface area contributed by atoms with Gasteiger partial charge in [0.2, 0.25) is 0 Å². The molecule has 10 aromatic carbocycles. The average molecular weight is 647 g/mol. The summed E-state index contributed by atoms with van der Waals surface area (Å²) in [6.07, 6.45) is 0. The van der Waals surface area contributed by atoms with Crippen molar-refractivity contribution < 1.29 is 4.42 Å². The Hall–Kier alpha value is -6.70. The van der Waals surface area contributed by atoms with E-state index in [-0.39, 0.29) is 0 Å². The van der Waals surface area contributed by atoms with E-state index >= 15 is 0 Å². The van der Waals surface area contributed by atoms with Crippen molar-refractivity contribution in [3.8, 4) is 33.4 Å². The predicted molar refractivity (Wildman–Crippen MR) is 218 cm³/mol. The first kappa shape index (κ1) is 28.2. The average Bonchev–Trinajstić information content (AvgIpc) is 3.57. The molecule has 1 heterocycles. The van der Waals surface area contributed by atoms with E-state index in [0.717, 1.165) is 33.1 Å². The number of rotatable bonds is 3. The molecule has 0 fully saturated rings. The molecular weight excluding hydrogens is 617 g/mol. The van der Waals surface area contributed by atoms with Gasteiger partial charge in [-0.15, -0.1) is 0 Å². The zero-order chi connectivity index (χ0) is 33.5. The lowest BCUT2D eigenvalue weighted by Crippen LogP contribution is -1.87. The van der Waals surface area contributed by atoms with E-state index in [9.17, 15) is 0 Å². The number of fused-ring (bicyclic) bond motifs is 10. The third-order valence-corrected chi connectivity index (χ3v) is 10.8. The van der Waals surface area contributed by atoms with Crippen molar-refractivity contribution >= 4 is 75.8 Å². The minimum atomic E-state index is 0.906. The molecule has 0 aliphatic carbocycles. The Morgan fingerprint density at radius 1 is 0.255 bits per heavy atom. The topological polar surface area (TPSA) is 13.1 Å². The fourth-order valence-electron chi connectivity index (χ4n) is 8.31. The van der Waals surface area contributed by atoms with Gasteiger partial charge in [-0.2, -0.15) is 0 Å². The molecule has 0 aliphatic heterocycles. The summed E-state index contributed by atoms with van der Waals surface area (Å²) in [6.45, 7) is 0. The van der Waals surface area contributed by atoms with Gasteiger partial charge in [0.15, 0.2) is 0 Å². The lowest BCUT2D eigenvalue weighted by Gasteiger charge is -2.14. The van der Waals surface area contributed by atoms with Crippen LogP contribution in [-0.2, 0) is 0 Å². The molecule has 0 spiro atoms. The maximum Gasteiger partial charge on any atom is 0.136 e. The number of hydrogen-bond donors (Lipinski definition) is 0. The van der Waals surface area contributed by atoms with Crippen molar-refractivity contribution in [3.63, 3.8) is 0 Å². The van der Waals surface area contributed by atoms with Gasteiger partial charge < -0.3 is 4.42 Å². The zero-order valence-corrected chi connectivity index (χ0v) is 27.7. The highest BCUT2D eigenvalue weighted by Gasteiger charge is 2.14. The van der Waals surface area contributed by atoms with E-state index in [0.29, 0.717) is 0 Å². The standard InChI is InChI=1S/C50H30O/c1-3-11-40-31(8-1)10-7-15-41(40)38-23-25-45-44-24-22-36(29-48(44)51-49(45)30-38)34-17-18-35-27-37(20-19-33(35)26-34)47-28-39-21-16-32-9-2-4-12-42(32)50(39)46-14-6-5-13-43(46)47/h1-30H. The Balaban J connectivity index is 0.978. The normalized spacial score (nSPS) is 11.9. The summed E-state index contributed by atoms with van der Waals surface area (Å²) in [5, 5.41) is 15.0. The quantitative estimate of drug-likeness (QED) is 0.174. The summed E-state index contributed by atoms with van der Waals surface area (Å²) in [5.74, 6) is 0. The largest absolute Gasteiger partial charge is 0.456 e. The monoisotopic (exact) mass is 646 g/mol. The summed E-state index contributed by atoms with van der Waals surface area (Å²) >= 11 is 0. The van der Waals surface area contributed by atoms with Crippen molar-refractivity contribution in [3.05, 3.63) is 182 Å². The van der Waals surface area contributed by atoms with Crippen LogP contribution in [-0.4, -0.2) is 0 Å². The van der Waals surface area contributed by atoms with Gasteiger partial charge in [0.1, 0.15) is 11.2 Å². The molecule has 0 aliphatic rings. The third-order valence-electron chi connectivity index (χ3n) is 10.8. The molecule has 0 atom stereocenters. The third kappa shape index (κ3) is 4.42. The van der Waals surface area contributed by atoms with E-state index in [1.807, 2.05) is 0 Å². The summed E-state index contributed by atoms with van der Waals surface area (Å²) in [7, 11) is 0. The summed E-state index contributed by atoms with van der Waals surface area (Å²) in [5.41, 5.74) is 9.02. The summed E-state index contributed by atoms with van der Waals surface area (Å²) < 4.78 is 6.53. The van der Waals surface area contributed by atoms with Crippen molar-refractivity contribution in [2.24, 2.45) is 0 Å². The van der Waals surface area contributed by atoms with Crippen LogP contribution < -0.4 is 0 Å². The molecule has 11 rings (SSSR count). The van der Waals surface area contributed by atoms with Gasteiger partial charge in [0.25, 0.3) is 0 Å². The molecule has 0 unspecified atom stereocenters. The highest BCUT2D eigenvalue weighted by molar-refractivity contribution is 6.23. The minimum Gasteiger partial charge on any atom is -0.456 e. The highest BCUT2D eigenvalue weighted by atomic mass is 16.3. The maximum absolute atomic E-state index is 6.53. The van der Waals surface area contributed by atoms with Crippen LogP contribution in [0.2, 0.25) is 0 Å². The number of benzene rings is 10. The molecule has 0 saturated heterocycles. The first-order valence-corrected chi connectivity index (χ1v) is 17.6. The molecule has 11 aromatic rings.